The molecule has 2 heterocycles. The molecule has 2 rings (SSSR count). The van der Waals surface area contributed by atoms with E-state index in [2.05, 4.69) is 4.90 Å². The fourth-order valence-corrected chi connectivity index (χ4v) is 2.63. The van der Waals surface area contributed by atoms with Crippen LogP contribution in [0.25, 0.3) is 0 Å². The minimum atomic E-state index is 0.278. The number of carbonyl (C=O) groups excluding carboxylic acids is 1. The van der Waals surface area contributed by atoms with E-state index in [9.17, 15) is 4.79 Å². The molecule has 2 fully saturated rings. The minimum absolute atomic E-state index is 0.278. The van der Waals surface area contributed by atoms with Crippen LogP contribution in [0.1, 0.15) is 32.6 Å². The SMILES string of the molecule is CC(=O)C1CCCN(CC2CCCO2)C1. The molecular weight excluding hydrogens is 190 g/mol. The van der Waals surface area contributed by atoms with E-state index in [1.54, 1.807) is 6.92 Å². The van der Waals surface area contributed by atoms with E-state index in [1.165, 1.54) is 12.8 Å². The van der Waals surface area contributed by atoms with Crippen LogP contribution in [-0.4, -0.2) is 43.0 Å². The van der Waals surface area contributed by atoms with Gasteiger partial charge in [0.1, 0.15) is 5.78 Å². The first-order valence-corrected chi connectivity index (χ1v) is 6.10. The van der Waals surface area contributed by atoms with Crippen LogP contribution < -0.4 is 0 Å². The number of hydrogen-bond donors (Lipinski definition) is 0. The Morgan fingerprint density at radius 1 is 1.40 bits per heavy atom. The molecule has 0 aromatic carbocycles. The summed E-state index contributed by atoms with van der Waals surface area (Å²) in [6.07, 6.45) is 5.07. The van der Waals surface area contributed by atoms with Gasteiger partial charge in [0.25, 0.3) is 0 Å². The van der Waals surface area contributed by atoms with Gasteiger partial charge in [-0.05, 0) is 39.2 Å². The zero-order valence-corrected chi connectivity index (χ0v) is 9.58. The van der Waals surface area contributed by atoms with Crippen molar-refractivity contribution in [2.75, 3.05) is 26.2 Å². The topological polar surface area (TPSA) is 29.5 Å². The van der Waals surface area contributed by atoms with Gasteiger partial charge >= 0.3 is 0 Å². The van der Waals surface area contributed by atoms with Crippen molar-refractivity contribution in [2.45, 2.75) is 38.7 Å². The molecule has 2 aliphatic heterocycles. The van der Waals surface area contributed by atoms with Crippen LogP contribution in [0, 0.1) is 5.92 Å². The van der Waals surface area contributed by atoms with Gasteiger partial charge < -0.3 is 9.64 Å². The smallest absolute Gasteiger partial charge is 0.134 e. The van der Waals surface area contributed by atoms with Crippen molar-refractivity contribution in [3.8, 4) is 0 Å². The van der Waals surface area contributed by atoms with E-state index < -0.39 is 0 Å². The molecule has 3 nitrogen and oxygen atoms in total. The number of likely N-dealkylation sites (tertiary alicyclic amines) is 1. The number of nitrogens with zero attached hydrogens (tertiary/aromatic N) is 1. The highest BCUT2D eigenvalue weighted by Crippen LogP contribution is 2.20. The molecule has 0 aliphatic carbocycles. The molecule has 0 saturated carbocycles. The fourth-order valence-electron chi connectivity index (χ4n) is 2.63. The van der Waals surface area contributed by atoms with Crippen molar-refractivity contribution in [3.63, 3.8) is 0 Å². The first-order chi connectivity index (χ1) is 7.25. The van der Waals surface area contributed by atoms with Gasteiger partial charge in [-0.15, -0.1) is 0 Å². The summed E-state index contributed by atoms with van der Waals surface area (Å²) in [4.78, 5) is 13.7. The first kappa shape index (κ1) is 11.1. The average Bonchev–Trinajstić information content (AvgIpc) is 2.71. The van der Waals surface area contributed by atoms with E-state index in [0.29, 0.717) is 11.9 Å². The lowest BCUT2D eigenvalue weighted by atomic mass is 9.94. The third-order valence-corrected chi connectivity index (χ3v) is 3.57. The predicted octanol–water partition coefficient (Wildman–Crippen LogP) is 1.47. The normalized spacial score (nSPS) is 33.1. The molecule has 2 saturated heterocycles. The van der Waals surface area contributed by atoms with E-state index >= 15 is 0 Å². The van der Waals surface area contributed by atoms with Gasteiger partial charge in [0, 0.05) is 25.6 Å². The Morgan fingerprint density at radius 3 is 2.93 bits per heavy atom. The lowest BCUT2D eigenvalue weighted by Crippen LogP contribution is -2.41. The van der Waals surface area contributed by atoms with E-state index in [-0.39, 0.29) is 5.92 Å². The third kappa shape index (κ3) is 3.02. The van der Waals surface area contributed by atoms with Crippen molar-refractivity contribution in [2.24, 2.45) is 5.92 Å². The zero-order valence-electron chi connectivity index (χ0n) is 9.58. The Hall–Kier alpha value is -0.410. The Bertz CT molecular complexity index is 224. The fraction of sp³-hybridized carbons (Fsp3) is 0.917. The van der Waals surface area contributed by atoms with Gasteiger partial charge in [-0.2, -0.15) is 0 Å². The molecule has 15 heavy (non-hydrogen) atoms. The van der Waals surface area contributed by atoms with Crippen LogP contribution in [0.4, 0.5) is 0 Å². The molecule has 0 radical (unpaired) electrons. The van der Waals surface area contributed by atoms with Crippen molar-refractivity contribution >= 4 is 5.78 Å². The number of Topliss-reactive ketones (excluding diaryl/α,β-unsaturated/α-hetero) is 1. The van der Waals surface area contributed by atoms with E-state index in [4.69, 9.17) is 4.74 Å². The Kier molecular flexibility index (Phi) is 3.76. The van der Waals surface area contributed by atoms with Crippen molar-refractivity contribution in [3.05, 3.63) is 0 Å². The van der Waals surface area contributed by atoms with Crippen LogP contribution in [-0.2, 0) is 9.53 Å². The monoisotopic (exact) mass is 211 g/mol. The highest BCUT2D eigenvalue weighted by molar-refractivity contribution is 5.78. The van der Waals surface area contributed by atoms with Gasteiger partial charge in [0.05, 0.1) is 6.10 Å². The number of hydrogen-bond acceptors (Lipinski definition) is 3. The summed E-state index contributed by atoms with van der Waals surface area (Å²) >= 11 is 0. The number of piperidine rings is 1. The second-order valence-electron chi connectivity index (χ2n) is 4.84. The summed E-state index contributed by atoms with van der Waals surface area (Å²) < 4.78 is 5.62. The lowest BCUT2D eigenvalue weighted by Gasteiger charge is -2.32. The quantitative estimate of drug-likeness (QED) is 0.708. The molecular formula is C12H21NO2. The number of ketones is 1. The largest absolute Gasteiger partial charge is 0.377 e. The van der Waals surface area contributed by atoms with Crippen molar-refractivity contribution < 1.29 is 9.53 Å². The molecule has 3 heteroatoms. The maximum atomic E-state index is 11.3. The first-order valence-electron chi connectivity index (χ1n) is 6.10. The van der Waals surface area contributed by atoms with Gasteiger partial charge in [-0.3, -0.25) is 4.79 Å². The number of ether oxygens (including phenoxy) is 1. The Balaban J connectivity index is 1.79. The molecule has 0 bridgehead atoms. The van der Waals surface area contributed by atoms with E-state index in [1.807, 2.05) is 0 Å². The van der Waals surface area contributed by atoms with Crippen LogP contribution in [0.3, 0.4) is 0 Å². The molecule has 2 unspecified atom stereocenters. The molecule has 0 spiro atoms. The number of carbonyl (C=O) groups is 1. The maximum Gasteiger partial charge on any atom is 0.134 e. The zero-order chi connectivity index (χ0) is 10.7. The van der Waals surface area contributed by atoms with Crippen LogP contribution in [0.15, 0.2) is 0 Å². The van der Waals surface area contributed by atoms with Crippen LogP contribution in [0.5, 0.6) is 0 Å². The second kappa shape index (κ2) is 5.08. The summed E-state index contributed by atoms with van der Waals surface area (Å²) in [5.41, 5.74) is 0. The highest BCUT2D eigenvalue weighted by Gasteiger charge is 2.26. The molecule has 0 aromatic heterocycles. The second-order valence-corrected chi connectivity index (χ2v) is 4.84. The minimum Gasteiger partial charge on any atom is -0.377 e. The molecule has 0 amide bonds. The molecule has 2 atom stereocenters. The summed E-state index contributed by atoms with van der Waals surface area (Å²) in [6.45, 7) is 5.78. The maximum absolute atomic E-state index is 11.3. The standard InChI is InChI=1S/C12H21NO2/c1-10(14)11-4-2-6-13(8-11)9-12-5-3-7-15-12/h11-12H,2-9H2,1H3. The molecule has 2 aliphatic rings. The highest BCUT2D eigenvalue weighted by atomic mass is 16.5. The van der Waals surface area contributed by atoms with E-state index in [0.717, 1.165) is 39.1 Å². The molecule has 0 aromatic rings. The summed E-state index contributed by atoms with van der Waals surface area (Å²) in [5, 5.41) is 0. The summed E-state index contributed by atoms with van der Waals surface area (Å²) in [7, 11) is 0. The van der Waals surface area contributed by atoms with Crippen LogP contribution in [0.2, 0.25) is 0 Å². The van der Waals surface area contributed by atoms with Gasteiger partial charge in [-0.1, -0.05) is 0 Å². The van der Waals surface area contributed by atoms with Crippen molar-refractivity contribution in [1.29, 1.82) is 0 Å². The lowest BCUT2D eigenvalue weighted by molar-refractivity contribution is -0.122. The van der Waals surface area contributed by atoms with Gasteiger partial charge in [-0.25, -0.2) is 0 Å². The Morgan fingerprint density at radius 2 is 2.27 bits per heavy atom. The van der Waals surface area contributed by atoms with Crippen LogP contribution >= 0.6 is 0 Å². The predicted molar refractivity (Wildman–Crippen MR) is 58.8 cm³/mol. The summed E-state index contributed by atoms with van der Waals surface area (Å²) in [6, 6.07) is 0. The van der Waals surface area contributed by atoms with Gasteiger partial charge in [0.2, 0.25) is 0 Å². The number of rotatable bonds is 3. The molecule has 86 valence electrons. The Labute approximate surface area is 91.8 Å². The molecule has 0 N–H and O–H groups in total. The van der Waals surface area contributed by atoms with Crippen molar-refractivity contribution in [1.82, 2.24) is 4.90 Å². The summed E-state index contributed by atoms with van der Waals surface area (Å²) in [5.74, 6) is 0.632. The third-order valence-electron chi connectivity index (χ3n) is 3.57. The van der Waals surface area contributed by atoms with Gasteiger partial charge in [0.15, 0.2) is 0 Å². The average molecular weight is 211 g/mol.